The number of anilines is 1. The third kappa shape index (κ3) is 2.83. The fourth-order valence-corrected chi connectivity index (χ4v) is 3.79. The first-order valence-electron chi connectivity index (χ1n) is 9.19. The summed E-state index contributed by atoms with van der Waals surface area (Å²) in [5, 5.41) is 7.68. The lowest BCUT2D eigenvalue weighted by Gasteiger charge is -2.25. The highest BCUT2D eigenvalue weighted by Crippen LogP contribution is 2.34. The van der Waals surface area contributed by atoms with E-state index in [1.807, 2.05) is 23.1 Å². The summed E-state index contributed by atoms with van der Waals surface area (Å²) in [6, 6.07) is 14.4. The van der Waals surface area contributed by atoms with E-state index in [1.54, 1.807) is 0 Å². The summed E-state index contributed by atoms with van der Waals surface area (Å²) in [5.74, 6) is 0.998. The highest BCUT2D eigenvalue weighted by atomic mass is 16.2. The molecule has 1 aromatic heterocycles. The van der Waals surface area contributed by atoms with E-state index in [1.165, 1.54) is 11.1 Å². The average Bonchev–Trinajstić information content (AvgIpc) is 3.28. The number of likely N-dealkylation sites (tertiary alicyclic amines) is 1. The van der Waals surface area contributed by atoms with Crippen LogP contribution in [0.2, 0.25) is 0 Å². The van der Waals surface area contributed by atoms with E-state index in [-0.39, 0.29) is 11.9 Å². The molecule has 0 aliphatic carbocycles. The number of rotatable bonds is 3. The Hall–Kier alpha value is -2.82. The van der Waals surface area contributed by atoms with Crippen molar-refractivity contribution in [1.29, 1.82) is 0 Å². The molecule has 0 radical (unpaired) electrons. The van der Waals surface area contributed by atoms with Crippen LogP contribution in [0.25, 0.3) is 10.9 Å². The first kappa shape index (κ1) is 16.6. The molecule has 2 heterocycles. The summed E-state index contributed by atoms with van der Waals surface area (Å²) < 4.78 is 0. The number of carbonyl (C=O) groups excluding carboxylic acids is 1. The molecular weight excluding hydrogens is 324 g/mol. The van der Waals surface area contributed by atoms with E-state index in [4.69, 9.17) is 5.73 Å². The number of nitrogen functional groups attached to an aromatic ring is 1. The topological polar surface area (TPSA) is 75.0 Å². The van der Waals surface area contributed by atoms with Gasteiger partial charge in [-0.2, -0.15) is 5.10 Å². The van der Waals surface area contributed by atoms with Crippen LogP contribution >= 0.6 is 0 Å². The third-order valence-electron chi connectivity index (χ3n) is 5.34. The number of nitrogens with one attached hydrogen (secondary N) is 1. The van der Waals surface area contributed by atoms with Crippen LogP contribution in [0.5, 0.6) is 0 Å². The van der Waals surface area contributed by atoms with Gasteiger partial charge in [0.15, 0.2) is 5.82 Å². The van der Waals surface area contributed by atoms with Crippen LogP contribution < -0.4 is 5.73 Å². The Bertz CT molecular complexity index is 942. The molecule has 0 bridgehead atoms. The van der Waals surface area contributed by atoms with Gasteiger partial charge in [0, 0.05) is 17.5 Å². The van der Waals surface area contributed by atoms with Crippen molar-refractivity contribution in [2.45, 2.75) is 38.6 Å². The normalized spacial score (nSPS) is 17.3. The van der Waals surface area contributed by atoms with Crippen LogP contribution in [0.4, 0.5) is 5.82 Å². The van der Waals surface area contributed by atoms with Gasteiger partial charge < -0.3 is 10.6 Å². The number of amides is 1. The van der Waals surface area contributed by atoms with E-state index in [0.29, 0.717) is 17.3 Å². The molecule has 1 fully saturated rings. The molecule has 1 atom stereocenters. The maximum Gasteiger partial charge on any atom is 0.254 e. The first-order chi connectivity index (χ1) is 12.5. The van der Waals surface area contributed by atoms with Crippen LogP contribution in [0, 0.1) is 0 Å². The van der Waals surface area contributed by atoms with Crippen molar-refractivity contribution < 1.29 is 4.79 Å². The minimum absolute atomic E-state index is 0.0583. The fourth-order valence-electron chi connectivity index (χ4n) is 3.79. The van der Waals surface area contributed by atoms with Crippen LogP contribution in [-0.4, -0.2) is 27.5 Å². The van der Waals surface area contributed by atoms with Crippen molar-refractivity contribution in [3.05, 3.63) is 59.2 Å². The third-order valence-corrected chi connectivity index (χ3v) is 5.34. The van der Waals surface area contributed by atoms with Crippen LogP contribution in [-0.2, 0) is 0 Å². The number of benzene rings is 2. The average molecular weight is 348 g/mol. The van der Waals surface area contributed by atoms with Gasteiger partial charge in [-0.15, -0.1) is 0 Å². The second-order valence-electron chi connectivity index (χ2n) is 7.35. The summed E-state index contributed by atoms with van der Waals surface area (Å²) in [7, 11) is 0. The number of aromatic nitrogens is 2. The van der Waals surface area contributed by atoms with Gasteiger partial charge in [0.05, 0.1) is 11.6 Å². The predicted octanol–water partition coefficient (Wildman–Crippen LogP) is 4.25. The Balaban J connectivity index is 1.62. The number of hydrogen-bond acceptors (Lipinski definition) is 3. The van der Waals surface area contributed by atoms with Crippen molar-refractivity contribution in [1.82, 2.24) is 15.1 Å². The van der Waals surface area contributed by atoms with Gasteiger partial charge in [-0.3, -0.25) is 9.89 Å². The molecule has 3 aromatic rings. The molecule has 3 N–H and O–H groups in total. The van der Waals surface area contributed by atoms with Crippen LogP contribution in [0.3, 0.4) is 0 Å². The summed E-state index contributed by atoms with van der Waals surface area (Å²) in [5.41, 5.74) is 9.94. The maximum absolute atomic E-state index is 13.1. The summed E-state index contributed by atoms with van der Waals surface area (Å²) in [4.78, 5) is 15.1. The van der Waals surface area contributed by atoms with Crippen molar-refractivity contribution in [3.8, 4) is 0 Å². The van der Waals surface area contributed by atoms with Gasteiger partial charge in [-0.1, -0.05) is 38.1 Å². The van der Waals surface area contributed by atoms with Gasteiger partial charge >= 0.3 is 0 Å². The molecule has 0 saturated carbocycles. The lowest BCUT2D eigenvalue weighted by molar-refractivity contribution is 0.0736. The van der Waals surface area contributed by atoms with Gasteiger partial charge in [0.25, 0.3) is 5.91 Å². The molecule has 2 aromatic carbocycles. The highest BCUT2D eigenvalue weighted by molar-refractivity contribution is 6.00. The smallest absolute Gasteiger partial charge is 0.254 e. The molecule has 5 heteroatoms. The number of hydrogen-bond donors (Lipinski definition) is 2. The molecule has 1 saturated heterocycles. The Morgan fingerprint density at radius 2 is 2.00 bits per heavy atom. The Morgan fingerprint density at radius 3 is 2.73 bits per heavy atom. The first-order valence-corrected chi connectivity index (χ1v) is 9.19. The molecule has 5 nitrogen and oxygen atoms in total. The molecule has 1 aliphatic rings. The largest absolute Gasteiger partial charge is 0.382 e. The lowest BCUT2D eigenvalue weighted by Crippen LogP contribution is -2.30. The van der Waals surface area contributed by atoms with E-state index in [2.05, 4.69) is 48.3 Å². The van der Waals surface area contributed by atoms with Gasteiger partial charge in [0.2, 0.25) is 0 Å². The zero-order chi connectivity index (χ0) is 18.3. The standard InChI is InChI=1S/C21H24N4O/c1-13(2)14-5-7-15(8-6-14)19-4-3-11-25(19)21(26)16-9-10-18-17(12-16)20(22)24-23-18/h5-10,12-13,19H,3-4,11H2,1-2H3,(H3,22,23,24). The minimum Gasteiger partial charge on any atom is -0.382 e. The molecule has 26 heavy (non-hydrogen) atoms. The Labute approximate surface area is 153 Å². The van der Waals surface area contributed by atoms with Crippen molar-refractivity contribution in [2.75, 3.05) is 12.3 Å². The molecule has 0 spiro atoms. The second kappa shape index (κ2) is 6.48. The number of H-pyrrole nitrogens is 1. The molecule has 1 amide bonds. The maximum atomic E-state index is 13.1. The second-order valence-corrected chi connectivity index (χ2v) is 7.35. The van der Waals surface area contributed by atoms with Crippen molar-refractivity contribution >= 4 is 22.6 Å². The molecule has 4 rings (SSSR count). The quantitative estimate of drug-likeness (QED) is 0.743. The zero-order valence-electron chi connectivity index (χ0n) is 15.2. The van der Waals surface area contributed by atoms with Crippen molar-refractivity contribution in [2.24, 2.45) is 0 Å². The molecule has 1 aliphatic heterocycles. The number of carbonyl (C=O) groups is 1. The van der Waals surface area contributed by atoms with Gasteiger partial charge in [0.1, 0.15) is 0 Å². The van der Waals surface area contributed by atoms with Gasteiger partial charge in [-0.05, 0) is 48.1 Å². The van der Waals surface area contributed by atoms with E-state index in [9.17, 15) is 4.79 Å². The fraction of sp³-hybridized carbons (Fsp3) is 0.333. The SMILES string of the molecule is CC(C)c1ccc(C2CCCN2C(=O)c2ccc3[nH]nc(N)c3c2)cc1. The Kier molecular flexibility index (Phi) is 4.15. The van der Waals surface area contributed by atoms with Gasteiger partial charge in [-0.25, -0.2) is 0 Å². The van der Waals surface area contributed by atoms with E-state index >= 15 is 0 Å². The minimum atomic E-state index is 0.0583. The molecule has 134 valence electrons. The summed E-state index contributed by atoms with van der Waals surface area (Å²) >= 11 is 0. The van der Waals surface area contributed by atoms with E-state index < -0.39 is 0 Å². The molecule has 1 unspecified atom stereocenters. The number of aromatic amines is 1. The Morgan fingerprint density at radius 1 is 1.23 bits per heavy atom. The summed E-state index contributed by atoms with van der Waals surface area (Å²) in [6.07, 6.45) is 2.03. The predicted molar refractivity (Wildman–Crippen MR) is 104 cm³/mol. The van der Waals surface area contributed by atoms with Crippen LogP contribution in [0.15, 0.2) is 42.5 Å². The number of nitrogens with two attached hydrogens (primary N) is 1. The summed E-state index contributed by atoms with van der Waals surface area (Å²) in [6.45, 7) is 5.17. The highest BCUT2D eigenvalue weighted by Gasteiger charge is 2.30. The molecular formula is C21H24N4O. The number of fused-ring (bicyclic) bond motifs is 1. The van der Waals surface area contributed by atoms with Crippen LogP contribution in [0.1, 0.15) is 60.1 Å². The number of nitrogens with zero attached hydrogens (tertiary/aromatic N) is 2. The van der Waals surface area contributed by atoms with Crippen molar-refractivity contribution in [3.63, 3.8) is 0 Å². The lowest BCUT2D eigenvalue weighted by atomic mass is 9.98. The van der Waals surface area contributed by atoms with E-state index in [0.717, 1.165) is 30.3 Å². The monoisotopic (exact) mass is 348 g/mol. The zero-order valence-corrected chi connectivity index (χ0v) is 15.2.